The predicted octanol–water partition coefficient (Wildman–Crippen LogP) is 3.70. The first kappa shape index (κ1) is 13.4. The summed E-state index contributed by atoms with van der Waals surface area (Å²) in [5.74, 6) is 0. The van der Waals surface area contributed by atoms with Gasteiger partial charge in [-0.2, -0.15) is 5.10 Å². The zero-order valence-corrected chi connectivity index (χ0v) is 12.9. The standard InChI is InChI=1S/C14H15ClN4S/c1-3-11-9(7-18(2)17-11)8-19-12-6-4-5-10(15)13(12)16-14(19)20/h4-7H,3,8H2,1-2H3,(H,16,20). The molecule has 0 radical (unpaired) electrons. The fraction of sp³-hybridized carbons (Fsp3) is 0.286. The van der Waals surface area contributed by atoms with Crippen molar-refractivity contribution < 1.29 is 0 Å². The van der Waals surface area contributed by atoms with Crippen LogP contribution in [0.2, 0.25) is 5.02 Å². The number of rotatable bonds is 3. The fourth-order valence-corrected chi connectivity index (χ4v) is 2.97. The maximum Gasteiger partial charge on any atom is 0.178 e. The van der Waals surface area contributed by atoms with Crippen molar-refractivity contribution in [2.45, 2.75) is 19.9 Å². The summed E-state index contributed by atoms with van der Waals surface area (Å²) in [7, 11) is 1.94. The number of hydrogen-bond acceptors (Lipinski definition) is 2. The third-order valence-electron chi connectivity index (χ3n) is 3.41. The van der Waals surface area contributed by atoms with Crippen molar-refractivity contribution in [2.75, 3.05) is 0 Å². The number of aryl methyl sites for hydroxylation is 2. The van der Waals surface area contributed by atoms with E-state index in [4.69, 9.17) is 23.8 Å². The molecule has 20 heavy (non-hydrogen) atoms. The number of aromatic amines is 1. The highest BCUT2D eigenvalue weighted by Crippen LogP contribution is 2.23. The van der Waals surface area contributed by atoms with E-state index in [1.54, 1.807) is 0 Å². The molecule has 0 saturated heterocycles. The van der Waals surface area contributed by atoms with Crippen molar-refractivity contribution in [3.63, 3.8) is 0 Å². The second-order valence-electron chi connectivity index (χ2n) is 4.78. The number of halogens is 1. The van der Waals surface area contributed by atoms with Gasteiger partial charge in [0.25, 0.3) is 0 Å². The van der Waals surface area contributed by atoms with Gasteiger partial charge in [0.1, 0.15) is 0 Å². The van der Waals surface area contributed by atoms with Crippen LogP contribution in [0.4, 0.5) is 0 Å². The number of hydrogen-bond donors (Lipinski definition) is 1. The van der Waals surface area contributed by atoms with Crippen LogP contribution in [0, 0.1) is 4.77 Å². The van der Waals surface area contributed by atoms with Crippen LogP contribution in [0.15, 0.2) is 24.4 Å². The zero-order chi connectivity index (χ0) is 14.3. The van der Waals surface area contributed by atoms with E-state index in [1.807, 2.05) is 36.1 Å². The summed E-state index contributed by atoms with van der Waals surface area (Å²) in [5, 5.41) is 5.16. The number of fused-ring (bicyclic) bond motifs is 1. The molecule has 0 fully saturated rings. The van der Waals surface area contributed by atoms with Crippen molar-refractivity contribution in [1.82, 2.24) is 19.3 Å². The third kappa shape index (κ3) is 2.17. The SMILES string of the molecule is CCc1nn(C)cc1Cn1c(=S)[nH]c2c(Cl)cccc21. The average Bonchev–Trinajstić information content (AvgIpc) is 2.93. The maximum atomic E-state index is 6.20. The van der Waals surface area contributed by atoms with Crippen molar-refractivity contribution >= 4 is 34.9 Å². The van der Waals surface area contributed by atoms with Gasteiger partial charge in [0.2, 0.25) is 0 Å². The normalized spacial score (nSPS) is 11.3. The molecule has 0 aliphatic carbocycles. The molecule has 0 bridgehead atoms. The number of nitrogens with zero attached hydrogens (tertiary/aromatic N) is 3. The Morgan fingerprint density at radius 3 is 2.95 bits per heavy atom. The van der Waals surface area contributed by atoms with Gasteiger partial charge < -0.3 is 9.55 Å². The second kappa shape index (κ2) is 5.07. The molecule has 0 aliphatic heterocycles. The van der Waals surface area contributed by atoms with Crippen LogP contribution in [-0.4, -0.2) is 19.3 Å². The van der Waals surface area contributed by atoms with Crippen LogP contribution in [0.25, 0.3) is 11.0 Å². The Kier molecular flexibility index (Phi) is 3.40. The van der Waals surface area contributed by atoms with Gasteiger partial charge in [0.15, 0.2) is 4.77 Å². The molecule has 4 nitrogen and oxygen atoms in total. The Morgan fingerprint density at radius 2 is 2.20 bits per heavy atom. The molecule has 104 valence electrons. The topological polar surface area (TPSA) is 38.5 Å². The van der Waals surface area contributed by atoms with E-state index >= 15 is 0 Å². The lowest BCUT2D eigenvalue weighted by Gasteiger charge is -2.04. The van der Waals surface area contributed by atoms with Gasteiger partial charge in [-0.05, 0) is 30.8 Å². The van der Waals surface area contributed by atoms with Gasteiger partial charge in [0.05, 0.1) is 28.3 Å². The van der Waals surface area contributed by atoms with E-state index in [0.717, 1.165) is 23.1 Å². The minimum atomic E-state index is 0.680. The molecule has 3 rings (SSSR count). The van der Waals surface area contributed by atoms with E-state index in [1.165, 1.54) is 5.56 Å². The first-order valence-corrected chi connectivity index (χ1v) is 7.27. The molecule has 0 saturated carbocycles. The predicted molar refractivity (Wildman–Crippen MR) is 83.8 cm³/mol. The lowest BCUT2D eigenvalue weighted by atomic mass is 10.2. The Hall–Kier alpha value is -1.59. The van der Waals surface area contributed by atoms with Crippen LogP contribution in [0.5, 0.6) is 0 Å². The van der Waals surface area contributed by atoms with Crippen molar-refractivity contribution in [3.8, 4) is 0 Å². The zero-order valence-electron chi connectivity index (χ0n) is 11.4. The summed E-state index contributed by atoms with van der Waals surface area (Å²) in [6.45, 7) is 2.81. The Labute approximate surface area is 127 Å². The highest BCUT2D eigenvalue weighted by atomic mass is 35.5. The van der Waals surface area contributed by atoms with Gasteiger partial charge in [-0.15, -0.1) is 0 Å². The number of imidazole rings is 1. The minimum absolute atomic E-state index is 0.680. The molecule has 0 unspecified atom stereocenters. The molecule has 2 heterocycles. The molecule has 1 aromatic carbocycles. The summed E-state index contributed by atoms with van der Waals surface area (Å²) in [5.41, 5.74) is 4.20. The van der Waals surface area contributed by atoms with Gasteiger partial charge >= 0.3 is 0 Å². The molecule has 2 aromatic heterocycles. The number of benzene rings is 1. The Morgan fingerprint density at radius 1 is 1.40 bits per heavy atom. The van der Waals surface area contributed by atoms with E-state index in [-0.39, 0.29) is 0 Å². The van der Waals surface area contributed by atoms with E-state index in [2.05, 4.69) is 21.6 Å². The fourth-order valence-electron chi connectivity index (χ4n) is 2.49. The quantitative estimate of drug-likeness (QED) is 0.749. The minimum Gasteiger partial charge on any atom is -0.329 e. The van der Waals surface area contributed by atoms with Crippen molar-refractivity contribution in [1.29, 1.82) is 0 Å². The lowest BCUT2D eigenvalue weighted by molar-refractivity contribution is 0.746. The first-order valence-electron chi connectivity index (χ1n) is 6.48. The van der Waals surface area contributed by atoms with Crippen LogP contribution in [-0.2, 0) is 20.0 Å². The number of H-pyrrole nitrogens is 1. The van der Waals surface area contributed by atoms with Crippen molar-refractivity contribution in [3.05, 3.63) is 45.4 Å². The van der Waals surface area contributed by atoms with E-state index < -0.39 is 0 Å². The van der Waals surface area contributed by atoms with E-state index in [9.17, 15) is 0 Å². The molecule has 1 N–H and O–H groups in total. The van der Waals surface area contributed by atoms with Gasteiger partial charge in [-0.25, -0.2) is 0 Å². The largest absolute Gasteiger partial charge is 0.329 e. The van der Waals surface area contributed by atoms with Gasteiger partial charge in [-0.3, -0.25) is 4.68 Å². The molecule has 0 amide bonds. The molecule has 3 aromatic rings. The molecular weight excluding hydrogens is 292 g/mol. The molecule has 0 spiro atoms. The summed E-state index contributed by atoms with van der Waals surface area (Å²) in [4.78, 5) is 3.18. The number of nitrogens with one attached hydrogen (secondary N) is 1. The second-order valence-corrected chi connectivity index (χ2v) is 5.57. The van der Waals surface area contributed by atoms with E-state index in [0.29, 0.717) is 16.3 Å². The number of aromatic nitrogens is 4. The average molecular weight is 307 g/mol. The molecule has 0 aliphatic rings. The third-order valence-corrected chi connectivity index (χ3v) is 4.05. The van der Waals surface area contributed by atoms with Crippen LogP contribution >= 0.6 is 23.8 Å². The number of para-hydroxylation sites is 1. The van der Waals surface area contributed by atoms with Gasteiger partial charge in [-0.1, -0.05) is 24.6 Å². The van der Waals surface area contributed by atoms with Crippen LogP contribution < -0.4 is 0 Å². The van der Waals surface area contributed by atoms with Gasteiger partial charge in [0, 0.05) is 18.8 Å². The first-order chi connectivity index (χ1) is 9.60. The summed E-state index contributed by atoms with van der Waals surface area (Å²) in [6.07, 6.45) is 2.95. The Bertz CT molecular complexity index is 827. The molecular formula is C14H15ClN4S. The maximum absolute atomic E-state index is 6.20. The molecule has 0 atom stereocenters. The summed E-state index contributed by atoms with van der Waals surface area (Å²) < 4.78 is 4.59. The summed E-state index contributed by atoms with van der Waals surface area (Å²) >= 11 is 11.6. The lowest BCUT2D eigenvalue weighted by Crippen LogP contribution is -2.01. The highest BCUT2D eigenvalue weighted by Gasteiger charge is 2.11. The smallest absolute Gasteiger partial charge is 0.178 e. The summed E-state index contributed by atoms with van der Waals surface area (Å²) in [6, 6.07) is 5.82. The van der Waals surface area contributed by atoms with Crippen molar-refractivity contribution in [2.24, 2.45) is 7.05 Å². The van der Waals surface area contributed by atoms with Crippen LogP contribution in [0.3, 0.4) is 0 Å². The van der Waals surface area contributed by atoms with Crippen LogP contribution in [0.1, 0.15) is 18.2 Å². The monoisotopic (exact) mass is 306 g/mol. The molecule has 6 heteroatoms. The Balaban J connectivity index is 2.13. The highest BCUT2D eigenvalue weighted by molar-refractivity contribution is 7.71.